The molecule has 0 aliphatic carbocycles. The molecule has 194 valence electrons. The highest BCUT2D eigenvalue weighted by atomic mass is 16.6. The van der Waals surface area contributed by atoms with E-state index in [2.05, 4.69) is 18.8 Å². The second-order valence-corrected chi connectivity index (χ2v) is 10.7. The molecular weight excluding hydrogens is 422 g/mol. The highest BCUT2D eigenvalue weighted by molar-refractivity contribution is 5.68. The molecule has 0 aliphatic heterocycles. The van der Waals surface area contributed by atoms with Crippen molar-refractivity contribution in [3.8, 4) is 0 Å². The van der Waals surface area contributed by atoms with Crippen molar-refractivity contribution in [2.75, 3.05) is 0 Å². The molecule has 0 spiro atoms. The van der Waals surface area contributed by atoms with Crippen LogP contribution in [0, 0.1) is 0 Å². The average molecular weight is 474 g/mol. The van der Waals surface area contributed by atoms with E-state index in [1.54, 1.807) is 0 Å². The Hall–Kier alpha value is -1.81. The van der Waals surface area contributed by atoms with E-state index in [-0.39, 0.29) is 0 Å². The van der Waals surface area contributed by atoms with Gasteiger partial charge in [0.25, 0.3) is 0 Å². The number of amides is 1. The van der Waals surface area contributed by atoms with Crippen LogP contribution in [0.4, 0.5) is 4.79 Å². The first-order chi connectivity index (χ1) is 16.2. The Kier molecular flexibility index (Phi) is 15.6. The maximum atomic E-state index is 12.4. The van der Waals surface area contributed by atoms with E-state index in [1.165, 1.54) is 64.2 Å². The molecule has 0 aliphatic rings. The van der Waals surface area contributed by atoms with Gasteiger partial charge in [0.2, 0.25) is 0 Å². The van der Waals surface area contributed by atoms with Crippen LogP contribution in [-0.4, -0.2) is 28.9 Å². The minimum atomic E-state index is -0.701. The van der Waals surface area contributed by atoms with Crippen molar-refractivity contribution in [2.24, 2.45) is 0 Å². The van der Waals surface area contributed by atoms with Gasteiger partial charge in [-0.25, -0.2) is 4.79 Å². The number of aliphatic hydroxyl groups is 1. The fourth-order valence-electron chi connectivity index (χ4n) is 4.19. The summed E-state index contributed by atoms with van der Waals surface area (Å²) in [5, 5.41) is 13.8. The van der Waals surface area contributed by atoms with Crippen LogP contribution in [0.3, 0.4) is 0 Å². The number of nitrogens with one attached hydrogen (secondary N) is 1. The maximum absolute atomic E-state index is 12.4. The summed E-state index contributed by atoms with van der Waals surface area (Å²) in [6, 6.07) is 9.50. The van der Waals surface area contributed by atoms with E-state index in [1.807, 2.05) is 51.1 Å². The van der Waals surface area contributed by atoms with E-state index in [4.69, 9.17) is 4.74 Å². The third-order valence-electron chi connectivity index (χ3n) is 6.10. The third kappa shape index (κ3) is 15.9. The van der Waals surface area contributed by atoms with Crippen LogP contribution in [0.15, 0.2) is 42.5 Å². The van der Waals surface area contributed by atoms with E-state index in [0.717, 1.165) is 24.0 Å². The fourth-order valence-corrected chi connectivity index (χ4v) is 4.19. The smallest absolute Gasteiger partial charge is 0.407 e. The number of carbonyl (C=O) groups excluding carboxylic acids is 1. The molecule has 1 aromatic rings. The van der Waals surface area contributed by atoms with Crippen molar-refractivity contribution in [1.29, 1.82) is 0 Å². The lowest BCUT2D eigenvalue weighted by atomic mass is 9.94. The highest BCUT2D eigenvalue weighted by Gasteiger charge is 2.25. The number of benzene rings is 1. The SMILES string of the molecule is C=C(CCCCCCCCCCCCC)C[C@H](O)[C@H](Cc1ccccc1)NC(=O)OC(C)(C)C. The standard InChI is InChI=1S/C30H51NO3/c1-6-7-8-9-10-11-12-13-14-15-17-20-25(2)23-28(32)27(24-26-21-18-16-19-22-26)31-29(33)34-30(3,4)5/h16,18-19,21-22,27-28,32H,2,6-15,17,20,23-24H2,1,3-5H3,(H,31,33)/t27-,28-/m0/s1. The van der Waals surface area contributed by atoms with Gasteiger partial charge in [-0.15, -0.1) is 0 Å². The van der Waals surface area contributed by atoms with E-state index < -0.39 is 23.8 Å². The molecule has 0 aromatic heterocycles. The zero-order valence-electron chi connectivity index (χ0n) is 22.4. The lowest BCUT2D eigenvalue weighted by Crippen LogP contribution is -2.46. The third-order valence-corrected chi connectivity index (χ3v) is 6.10. The highest BCUT2D eigenvalue weighted by Crippen LogP contribution is 2.19. The molecule has 0 heterocycles. The van der Waals surface area contributed by atoms with Crippen LogP contribution >= 0.6 is 0 Å². The van der Waals surface area contributed by atoms with Crippen molar-refractivity contribution in [2.45, 2.75) is 135 Å². The quantitative estimate of drug-likeness (QED) is 0.167. The predicted octanol–water partition coefficient (Wildman–Crippen LogP) is 8.13. The number of aliphatic hydroxyl groups excluding tert-OH is 1. The second kappa shape index (κ2) is 17.6. The number of carbonyl (C=O) groups is 1. The van der Waals surface area contributed by atoms with Crippen molar-refractivity contribution < 1.29 is 14.6 Å². The van der Waals surface area contributed by atoms with Gasteiger partial charge in [0.1, 0.15) is 5.60 Å². The molecule has 2 atom stereocenters. The van der Waals surface area contributed by atoms with Gasteiger partial charge in [0.05, 0.1) is 12.1 Å². The zero-order chi connectivity index (χ0) is 25.2. The molecule has 0 saturated heterocycles. The summed E-state index contributed by atoms with van der Waals surface area (Å²) in [6.07, 6.45) is 15.3. The van der Waals surface area contributed by atoms with Crippen molar-refractivity contribution in [1.82, 2.24) is 5.32 Å². The minimum absolute atomic E-state index is 0.425. The summed E-state index contributed by atoms with van der Waals surface area (Å²) in [4.78, 5) is 12.4. The normalized spacial score (nSPS) is 13.3. The molecule has 0 saturated carbocycles. The van der Waals surface area contributed by atoms with Gasteiger partial charge in [0, 0.05) is 0 Å². The Morgan fingerprint density at radius 3 is 2.00 bits per heavy atom. The Morgan fingerprint density at radius 1 is 0.941 bits per heavy atom. The number of ether oxygens (including phenoxy) is 1. The summed E-state index contributed by atoms with van der Waals surface area (Å²) in [7, 11) is 0. The van der Waals surface area contributed by atoms with Crippen LogP contribution in [0.2, 0.25) is 0 Å². The Bertz CT molecular complexity index is 665. The molecule has 34 heavy (non-hydrogen) atoms. The van der Waals surface area contributed by atoms with Gasteiger partial charge in [-0.05, 0) is 52.0 Å². The summed E-state index contributed by atoms with van der Waals surface area (Å²) in [5.41, 5.74) is 1.54. The lowest BCUT2D eigenvalue weighted by molar-refractivity contribution is 0.0421. The largest absolute Gasteiger partial charge is 0.444 e. The van der Waals surface area contributed by atoms with Gasteiger partial charge >= 0.3 is 6.09 Å². The lowest BCUT2D eigenvalue weighted by Gasteiger charge is -2.27. The van der Waals surface area contributed by atoms with Crippen LogP contribution < -0.4 is 5.32 Å². The van der Waals surface area contributed by atoms with Crippen LogP contribution in [-0.2, 0) is 11.2 Å². The predicted molar refractivity (Wildman–Crippen MR) is 144 cm³/mol. The topological polar surface area (TPSA) is 58.6 Å². The number of unbranched alkanes of at least 4 members (excludes halogenated alkanes) is 10. The van der Waals surface area contributed by atoms with Crippen LogP contribution in [0.25, 0.3) is 0 Å². The zero-order valence-corrected chi connectivity index (χ0v) is 22.4. The van der Waals surface area contributed by atoms with Gasteiger partial charge in [-0.1, -0.05) is 114 Å². The van der Waals surface area contributed by atoms with Crippen molar-refractivity contribution >= 4 is 6.09 Å². The molecule has 0 radical (unpaired) electrons. The van der Waals surface area contributed by atoms with Crippen LogP contribution in [0.5, 0.6) is 0 Å². The Balaban J connectivity index is 2.35. The first-order valence-electron chi connectivity index (χ1n) is 13.6. The molecule has 1 rings (SSSR count). The van der Waals surface area contributed by atoms with E-state index >= 15 is 0 Å². The monoisotopic (exact) mass is 473 g/mol. The Labute approximate surface area is 209 Å². The summed E-state index contributed by atoms with van der Waals surface area (Å²) < 4.78 is 5.42. The number of rotatable bonds is 18. The van der Waals surface area contributed by atoms with Gasteiger partial charge in [-0.2, -0.15) is 0 Å². The first kappa shape index (κ1) is 30.2. The van der Waals surface area contributed by atoms with Crippen molar-refractivity contribution in [3.05, 3.63) is 48.0 Å². The van der Waals surface area contributed by atoms with Gasteiger partial charge in [-0.3, -0.25) is 0 Å². The molecule has 0 unspecified atom stereocenters. The molecule has 1 amide bonds. The molecular formula is C30H51NO3. The van der Waals surface area contributed by atoms with Gasteiger partial charge in [0.15, 0.2) is 0 Å². The molecule has 0 fully saturated rings. The number of hydrogen-bond donors (Lipinski definition) is 2. The summed E-state index contributed by atoms with van der Waals surface area (Å²) in [5.74, 6) is 0. The first-order valence-corrected chi connectivity index (χ1v) is 13.6. The minimum Gasteiger partial charge on any atom is -0.444 e. The fraction of sp³-hybridized carbons (Fsp3) is 0.700. The average Bonchev–Trinajstić information content (AvgIpc) is 2.76. The molecule has 4 heteroatoms. The van der Waals surface area contributed by atoms with E-state index in [0.29, 0.717) is 12.8 Å². The number of hydrogen-bond acceptors (Lipinski definition) is 3. The van der Waals surface area contributed by atoms with Crippen molar-refractivity contribution in [3.63, 3.8) is 0 Å². The van der Waals surface area contributed by atoms with E-state index in [9.17, 15) is 9.90 Å². The summed E-state index contributed by atoms with van der Waals surface area (Å²) in [6.45, 7) is 12.0. The molecule has 4 nitrogen and oxygen atoms in total. The maximum Gasteiger partial charge on any atom is 0.407 e. The summed E-state index contributed by atoms with van der Waals surface area (Å²) >= 11 is 0. The number of alkyl carbamates (subject to hydrolysis) is 1. The molecule has 2 N–H and O–H groups in total. The molecule has 1 aromatic carbocycles. The van der Waals surface area contributed by atoms with Crippen LogP contribution in [0.1, 0.15) is 117 Å². The van der Waals surface area contributed by atoms with Gasteiger partial charge < -0.3 is 15.2 Å². The molecule has 0 bridgehead atoms. The Morgan fingerprint density at radius 2 is 1.47 bits per heavy atom. The second-order valence-electron chi connectivity index (χ2n) is 10.7.